The third-order valence-electron chi connectivity index (χ3n) is 1.98. The van der Waals surface area contributed by atoms with Gasteiger partial charge in [-0.25, -0.2) is 4.98 Å². The molecule has 6 nitrogen and oxygen atoms in total. The van der Waals surface area contributed by atoms with Gasteiger partial charge >= 0.3 is 0 Å². The second-order valence-corrected chi connectivity index (χ2v) is 4.64. The summed E-state index contributed by atoms with van der Waals surface area (Å²) >= 11 is 1.54. The average molecular weight is 244 g/mol. The predicted octanol–water partition coefficient (Wildman–Crippen LogP) is -0.122. The van der Waals surface area contributed by atoms with Gasteiger partial charge in [0.05, 0.1) is 11.9 Å². The lowest BCUT2D eigenvalue weighted by Gasteiger charge is -2.22. The van der Waals surface area contributed by atoms with Crippen LogP contribution in [0, 0.1) is 0 Å². The highest BCUT2D eigenvalue weighted by atomic mass is 32.2. The maximum atomic E-state index is 11.2. The Labute approximate surface area is 97.7 Å². The molecule has 0 spiro atoms. The maximum absolute atomic E-state index is 11.2. The lowest BCUT2D eigenvalue weighted by Crippen LogP contribution is -2.36. The Morgan fingerprint density at radius 1 is 1.75 bits per heavy atom. The van der Waals surface area contributed by atoms with Gasteiger partial charge in [0.25, 0.3) is 5.56 Å². The molecule has 0 aliphatic rings. The zero-order valence-corrected chi connectivity index (χ0v) is 10.1. The van der Waals surface area contributed by atoms with Crippen molar-refractivity contribution in [3.05, 3.63) is 16.7 Å². The van der Waals surface area contributed by atoms with Crippen molar-refractivity contribution >= 4 is 23.3 Å². The number of H-pyrrole nitrogens is 1. The number of rotatable bonds is 5. The Hall–Kier alpha value is -1.21. The van der Waals surface area contributed by atoms with Gasteiger partial charge in [0.2, 0.25) is 0 Å². The highest BCUT2D eigenvalue weighted by molar-refractivity contribution is 7.98. The number of anilines is 2. The molecule has 1 unspecified atom stereocenters. The molecule has 0 aromatic carbocycles. The molecule has 0 saturated carbocycles. The SMILES string of the molecule is CSCC(C)(O)CNc1nc[nH]c(=O)c1N. The molecule has 1 aromatic heterocycles. The number of nitrogens with zero attached hydrogens (tertiary/aromatic N) is 1. The Morgan fingerprint density at radius 3 is 3.06 bits per heavy atom. The second kappa shape index (κ2) is 5.22. The summed E-state index contributed by atoms with van der Waals surface area (Å²) < 4.78 is 0. The molecule has 16 heavy (non-hydrogen) atoms. The molecule has 0 fully saturated rings. The fourth-order valence-electron chi connectivity index (χ4n) is 1.19. The normalized spacial score (nSPS) is 14.4. The Balaban J connectivity index is 2.68. The molecule has 0 saturated heterocycles. The number of thioether (sulfide) groups is 1. The fourth-order valence-corrected chi connectivity index (χ4v) is 1.91. The Kier molecular flexibility index (Phi) is 4.19. The lowest BCUT2D eigenvalue weighted by molar-refractivity contribution is 0.0996. The molecule has 1 aromatic rings. The predicted molar refractivity (Wildman–Crippen MR) is 66.8 cm³/mol. The fraction of sp³-hybridized carbons (Fsp3) is 0.556. The van der Waals surface area contributed by atoms with Crippen LogP contribution in [0.4, 0.5) is 11.5 Å². The van der Waals surface area contributed by atoms with E-state index in [2.05, 4.69) is 15.3 Å². The van der Waals surface area contributed by atoms with E-state index in [0.29, 0.717) is 11.6 Å². The van der Waals surface area contributed by atoms with Crippen molar-refractivity contribution in [3.8, 4) is 0 Å². The van der Waals surface area contributed by atoms with Crippen molar-refractivity contribution in [1.29, 1.82) is 0 Å². The van der Waals surface area contributed by atoms with Gasteiger partial charge in [-0.1, -0.05) is 0 Å². The summed E-state index contributed by atoms with van der Waals surface area (Å²) in [6.07, 6.45) is 3.18. The van der Waals surface area contributed by atoms with E-state index in [4.69, 9.17) is 5.73 Å². The van der Waals surface area contributed by atoms with Crippen molar-refractivity contribution in [3.63, 3.8) is 0 Å². The first kappa shape index (κ1) is 12.9. The monoisotopic (exact) mass is 244 g/mol. The summed E-state index contributed by atoms with van der Waals surface area (Å²) in [4.78, 5) is 17.4. The van der Waals surface area contributed by atoms with Crippen LogP contribution in [0.3, 0.4) is 0 Å². The second-order valence-electron chi connectivity index (χ2n) is 3.78. The molecule has 0 aliphatic carbocycles. The van der Waals surface area contributed by atoms with Gasteiger partial charge in [0.15, 0.2) is 5.82 Å². The number of nitrogen functional groups attached to an aromatic ring is 1. The smallest absolute Gasteiger partial charge is 0.276 e. The van der Waals surface area contributed by atoms with Crippen molar-refractivity contribution < 1.29 is 5.11 Å². The van der Waals surface area contributed by atoms with Gasteiger partial charge in [-0.3, -0.25) is 4.79 Å². The largest absolute Gasteiger partial charge is 0.391 e. The molecular formula is C9H16N4O2S. The zero-order valence-electron chi connectivity index (χ0n) is 9.28. The van der Waals surface area contributed by atoms with Crippen LogP contribution < -0.4 is 16.6 Å². The standard InChI is InChI=1S/C9H16N4O2S/c1-9(15,4-16-2)3-11-7-6(10)8(14)13-5-12-7/h5,15H,3-4,10H2,1-2H3,(H2,11,12,13,14). The van der Waals surface area contributed by atoms with Gasteiger partial charge in [-0.05, 0) is 13.2 Å². The minimum absolute atomic E-state index is 0.0300. The molecule has 0 amide bonds. The summed E-state index contributed by atoms with van der Waals surface area (Å²) in [5.74, 6) is 0.883. The number of aliphatic hydroxyl groups is 1. The number of hydrogen-bond donors (Lipinski definition) is 4. The molecular weight excluding hydrogens is 228 g/mol. The maximum Gasteiger partial charge on any atom is 0.276 e. The van der Waals surface area contributed by atoms with Crippen LogP contribution in [0.5, 0.6) is 0 Å². The van der Waals surface area contributed by atoms with Gasteiger partial charge < -0.3 is 21.1 Å². The summed E-state index contributed by atoms with van der Waals surface area (Å²) in [6, 6.07) is 0. The molecule has 1 heterocycles. The zero-order chi connectivity index (χ0) is 12.2. The van der Waals surface area contributed by atoms with Crippen molar-refractivity contribution in [2.24, 2.45) is 0 Å². The topological polar surface area (TPSA) is 104 Å². The van der Waals surface area contributed by atoms with Gasteiger partial charge in [-0.2, -0.15) is 11.8 Å². The summed E-state index contributed by atoms with van der Waals surface area (Å²) in [5.41, 5.74) is 4.31. The number of nitrogens with two attached hydrogens (primary N) is 1. The van der Waals surface area contributed by atoms with Crippen molar-refractivity contribution in [1.82, 2.24) is 9.97 Å². The summed E-state index contributed by atoms with van der Waals surface area (Å²) in [7, 11) is 0. The first-order valence-electron chi connectivity index (χ1n) is 4.74. The highest BCUT2D eigenvalue weighted by Crippen LogP contribution is 2.13. The van der Waals surface area contributed by atoms with Crippen LogP contribution >= 0.6 is 11.8 Å². The van der Waals surface area contributed by atoms with Gasteiger partial charge in [-0.15, -0.1) is 0 Å². The number of nitrogens with one attached hydrogen (secondary N) is 2. The third-order valence-corrected chi connectivity index (χ3v) is 2.89. The van der Waals surface area contributed by atoms with Gasteiger partial charge in [0, 0.05) is 12.3 Å². The molecule has 1 atom stereocenters. The lowest BCUT2D eigenvalue weighted by atomic mass is 10.1. The van der Waals surface area contributed by atoms with E-state index in [0.717, 1.165) is 0 Å². The number of aromatic nitrogens is 2. The summed E-state index contributed by atoms with van der Waals surface area (Å²) in [5, 5.41) is 12.8. The first-order valence-corrected chi connectivity index (χ1v) is 6.14. The van der Waals surface area contributed by atoms with Crippen LogP contribution in [0.1, 0.15) is 6.92 Å². The number of aromatic amines is 1. The molecule has 0 aliphatic heterocycles. The van der Waals surface area contributed by atoms with E-state index in [1.54, 1.807) is 18.7 Å². The average Bonchev–Trinajstić information content (AvgIpc) is 2.20. The highest BCUT2D eigenvalue weighted by Gasteiger charge is 2.20. The van der Waals surface area contributed by atoms with E-state index in [1.165, 1.54) is 6.33 Å². The Morgan fingerprint density at radius 2 is 2.44 bits per heavy atom. The van der Waals surface area contributed by atoms with E-state index in [9.17, 15) is 9.90 Å². The van der Waals surface area contributed by atoms with Crippen LogP contribution in [0.25, 0.3) is 0 Å². The Bertz CT molecular complexity index is 405. The quantitative estimate of drug-likeness (QED) is 0.575. The molecule has 1 rings (SSSR count). The molecule has 0 radical (unpaired) electrons. The molecule has 90 valence electrons. The first-order chi connectivity index (χ1) is 7.46. The van der Waals surface area contributed by atoms with E-state index < -0.39 is 5.60 Å². The molecule has 0 bridgehead atoms. The van der Waals surface area contributed by atoms with E-state index >= 15 is 0 Å². The molecule has 5 N–H and O–H groups in total. The van der Waals surface area contributed by atoms with E-state index in [-0.39, 0.29) is 17.8 Å². The van der Waals surface area contributed by atoms with Crippen LogP contribution in [0.15, 0.2) is 11.1 Å². The van der Waals surface area contributed by atoms with E-state index in [1.807, 2.05) is 6.26 Å². The van der Waals surface area contributed by atoms with Crippen molar-refractivity contribution in [2.75, 3.05) is 29.6 Å². The summed E-state index contributed by atoms with van der Waals surface area (Å²) in [6.45, 7) is 1.99. The van der Waals surface area contributed by atoms with Crippen LogP contribution in [-0.4, -0.2) is 39.2 Å². The van der Waals surface area contributed by atoms with Gasteiger partial charge in [0.1, 0.15) is 5.69 Å². The minimum Gasteiger partial charge on any atom is -0.391 e. The molecule has 7 heteroatoms. The number of hydrogen-bond acceptors (Lipinski definition) is 6. The van der Waals surface area contributed by atoms with Crippen LogP contribution in [-0.2, 0) is 0 Å². The third kappa shape index (κ3) is 3.42. The van der Waals surface area contributed by atoms with Crippen LogP contribution in [0.2, 0.25) is 0 Å². The minimum atomic E-state index is -0.865. The van der Waals surface area contributed by atoms with Crippen molar-refractivity contribution in [2.45, 2.75) is 12.5 Å².